The predicted octanol–water partition coefficient (Wildman–Crippen LogP) is 3.26. The largest absolute Gasteiger partial charge is 0.481 e. The van der Waals surface area contributed by atoms with Gasteiger partial charge < -0.3 is 19.6 Å². The van der Waals surface area contributed by atoms with E-state index in [0.29, 0.717) is 31.6 Å². The summed E-state index contributed by atoms with van der Waals surface area (Å²) in [6, 6.07) is 5.47. The Morgan fingerprint density at radius 3 is 2.67 bits per heavy atom. The molecule has 0 unspecified atom stereocenters. The Bertz CT molecular complexity index is 792. The van der Waals surface area contributed by atoms with Crippen LogP contribution in [0, 0.1) is 6.92 Å². The van der Waals surface area contributed by atoms with E-state index in [2.05, 4.69) is 21.2 Å². The van der Waals surface area contributed by atoms with Gasteiger partial charge in [-0.25, -0.2) is 0 Å². The molecule has 3 rings (SSSR count). The van der Waals surface area contributed by atoms with E-state index in [1.807, 2.05) is 19.1 Å². The van der Waals surface area contributed by atoms with Crippen molar-refractivity contribution in [3.8, 4) is 0 Å². The topological polar surface area (TPSA) is 88.8 Å². The number of rotatable bonds is 4. The second kappa shape index (κ2) is 6.57. The number of carbonyl (C=O) groups is 2. The number of aliphatic carboxylic acids is 1. The molecule has 0 radical (unpaired) electrons. The third kappa shape index (κ3) is 3.47. The Labute approximate surface area is 147 Å². The summed E-state index contributed by atoms with van der Waals surface area (Å²) in [5, 5.41) is 12.9. The van der Waals surface area contributed by atoms with Crippen molar-refractivity contribution in [2.24, 2.45) is 0 Å². The van der Waals surface area contributed by atoms with E-state index in [0.717, 1.165) is 15.4 Å². The Morgan fingerprint density at radius 1 is 1.29 bits per heavy atom. The highest BCUT2D eigenvalue weighted by atomic mass is 79.9. The molecule has 1 aromatic heterocycles. The highest BCUT2D eigenvalue weighted by Crippen LogP contribution is 2.29. The molecule has 1 aliphatic heterocycles. The predicted molar refractivity (Wildman–Crippen MR) is 91.2 cm³/mol. The molecule has 1 fully saturated rings. The fraction of sp³-hybridized carbons (Fsp3) is 0.412. The van der Waals surface area contributed by atoms with Crippen LogP contribution in [0.25, 0.3) is 11.0 Å². The summed E-state index contributed by atoms with van der Waals surface area (Å²) >= 11 is 3.42. The van der Waals surface area contributed by atoms with Gasteiger partial charge in [0.1, 0.15) is 5.58 Å². The molecule has 0 aliphatic carbocycles. The average Bonchev–Trinajstić information content (AvgIpc) is 2.91. The molecule has 1 amide bonds. The second-order valence-electron chi connectivity index (χ2n) is 6.17. The van der Waals surface area contributed by atoms with Gasteiger partial charge in [0, 0.05) is 23.1 Å². The van der Waals surface area contributed by atoms with Crippen molar-refractivity contribution in [2.45, 2.75) is 31.7 Å². The molecule has 0 bridgehead atoms. The molecule has 128 valence electrons. The molecule has 2 aromatic rings. The van der Waals surface area contributed by atoms with Crippen LogP contribution in [-0.2, 0) is 9.53 Å². The van der Waals surface area contributed by atoms with Crippen molar-refractivity contribution < 1.29 is 23.8 Å². The van der Waals surface area contributed by atoms with Crippen LogP contribution in [0.15, 0.2) is 27.1 Å². The van der Waals surface area contributed by atoms with E-state index in [-0.39, 0.29) is 12.2 Å². The van der Waals surface area contributed by atoms with Crippen molar-refractivity contribution in [1.29, 1.82) is 0 Å². The molecule has 0 atom stereocenters. The first kappa shape index (κ1) is 17.0. The maximum absolute atomic E-state index is 12.6. The number of aryl methyl sites for hydroxylation is 1. The Balaban J connectivity index is 1.87. The van der Waals surface area contributed by atoms with Crippen molar-refractivity contribution in [3.63, 3.8) is 0 Å². The van der Waals surface area contributed by atoms with Crippen LogP contribution < -0.4 is 5.32 Å². The fourth-order valence-corrected chi connectivity index (χ4v) is 3.69. The quantitative estimate of drug-likeness (QED) is 0.828. The number of nitrogens with one attached hydrogen (secondary N) is 1. The summed E-state index contributed by atoms with van der Waals surface area (Å²) in [4.78, 5) is 23.8. The molecule has 2 N–H and O–H groups in total. The van der Waals surface area contributed by atoms with E-state index in [1.165, 1.54) is 0 Å². The summed E-state index contributed by atoms with van der Waals surface area (Å²) in [5.74, 6) is -1.16. The molecule has 1 saturated heterocycles. The van der Waals surface area contributed by atoms with Crippen LogP contribution in [0.2, 0.25) is 0 Å². The van der Waals surface area contributed by atoms with Gasteiger partial charge in [-0.2, -0.15) is 0 Å². The van der Waals surface area contributed by atoms with Gasteiger partial charge >= 0.3 is 5.97 Å². The first-order valence-electron chi connectivity index (χ1n) is 7.70. The lowest BCUT2D eigenvalue weighted by molar-refractivity contribution is -0.139. The standard InChI is InChI=1S/C17H18BrNO5/c1-10-6-12(18)7-11-8-13(24-15(10)11)16(22)19-17(9-14(20)21)2-4-23-5-3-17/h6-8H,2-5,9H2,1H3,(H,19,22)(H,20,21). The van der Waals surface area contributed by atoms with Gasteiger partial charge in [-0.1, -0.05) is 15.9 Å². The lowest BCUT2D eigenvalue weighted by Crippen LogP contribution is -2.53. The number of furan rings is 1. The van der Waals surface area contributed by atoms with Gasteiger partial charge in [0.05, 0.1) is 12.0 Å². The molecule has 7 heteroatoms. The number of ether oxygens (including phenoxy) is 1. The molecule has 6 nitrogen and oxygen atoms in total. The molecule has 0 saturated carbocycles. The first-order valence-corrected chi connectivity index (χ1v) is 8.50. The molecule has 1 aromatic carbocycles. The smallest absolute Gasteiger partial charge is 0.305 e. The number of carboxylic acid groups (broad SMARTS) is 1. The summed E-state index contributed by atoms with van der Waals surface area (Å²) in [6.07, 6.45) is 0.804. The van der Waals surface area contributed by atoms with Crippen molar-refractivity contribution in [3.05, 3.63) is 34.0 Å². The van der Waals surface area contributed by atoms with Gasteiger partial charge in [-0.05, 0) is 43.5 Å². The van der Waals surface area contributed by atoms with Crippen LogP contribution in [0.5, 0.6) is 0 Å². The number of fused-ring (bicyclic) bond motifs is 1. The van der Waals surface area contributed by atoms with Crippen molar-refractivity contribution >= 4 is 38.8 Å². The first-order chi connectivity index (χ1) is 11.4. The molecular weight excluding hydrogens is 378 g/mol. The summed E-state index contributed by atoms with van der Waals surface area (Å²) in [6.45, 7) is 2.77. The number of carbonyl (C=O) groups excluding carboxylic acids is 1. The van der Waals surface area contributed by atoms with Gasteiger partial charge in [0.2, 0.25) is 0 Å². The number of benzene rings is 1. The number of halogens is 1. The zero-order chi connectivity index (χ0) is 17.3. The van der Waals surface area contributed by atoms with Crippen LogP contribution in [-0.4, -0.2) is 35.7 Å². The maximum atomic E-state index is 12.6. The SMILES string of the molecule is Cc1cc(Br)cc2cc(C(=O)NC3(CC(=O)O)CCOCC3)oc12. The van der Waals surface area contributed by atoms with E-state index >= 15 is 0 Å². The molecule has 24 heavy (non-hydrogen) atoms. The van der Waals surface area contributed by atoms with E-state index in [4.69, 9.17) is 9.15 Å². The van der Waals surface area contributed by atoms with Crippen LogP contribution in [0.3, 0.4) is 0 Å². The second-order valence-corrected chi connectivity index (χ2v) is 7.08. The van der Waals surface area contributed by atoms with Gasteiger partial charge in [0.15, 0.2) is 5.76 Å². The summed E-state index contributed by atoms with van der Waals surface area (Å²) < 4.78 is 11.9. The Hall–Kier alpha value is -1.86. The van der Waals surface area contributed by atoms with E-state index in [9.17, 15) is 14.7 Å². The maximum Gasteiger partial charge on any atom is 0.305 e. The normalized spacial score (nSPS) is 16.9. The monoisotopic (exact) mass is 395 g/mol. The highest BCUT2D eigenvalue weighted by molar-refractivity contribution is 9.10. The minimum absolute atomic E-state index is 0.132. The zero-order valence-corrected chi connectivity index (χ0v) is 14.8. The van der Waals surface area contributed by atoms with Crippen molar-refractivity contribution in [1.82, 2.24) is 5.32 Å². The minimum Gasteiger partial charge on any atom is -0.481 e. The van der Waals surface area contributed by atoms with Gasteiger partial charge in [-0.3, -0.25) is 9.59 Å². The molecular formula is C17H18BrNO5. The highest BCUT2D eigenvalue weighted by Gasteiger charge is 2.37. The Morgan fingerprint density at radius 2 is 2.00 bits per heavy atom. The van der Waals surface area contributed by atoms with Gasteiger partial charge in [-0.15, -0.1) is 0 Å². The average molecular weight is 396 g/mol. The van der Waals surface area contributed by atoms with Crippen LogP contribution in [0.1, 0.15) is 35.4 Å². The summed E-state index contributed by atoms with van der Waals surface area (Å²) in [7, 11) is 0. The van der Waals surface area contributed by atoms with Crippen LogP contribution in [0.4, 0.5) is 0 Å². The number of carboxylic acids is 1. The number of hydrogen-bond acceptors (Lipinski definition) is 4. The third-order valence-electron chi connectivity index (χ3n) is 4.31. The molecule has 1 aliphatic rings. The number of amides is 1. The van der Waals surface area contributed by atoms with Gasteiger partial charge in [0.25, 0.3) is 5.91 Å². The lowest BCUT2D eigenvalue weighted by atomic mass is 9.86. The number of hydrogen-bond donors (Lipinski definition) is 2. The molecule has 2 heterocycles. The van der Waals surface area contributed by atoms with Crippen molar-refractivity contribution in [2.75, 3.05) is 13.2 Å². The minimum atomic E-state index is -0.943. The lowest BCUT2D eigenvalue weighted by Gasteiger charge is -2.36. The van der Waals surface area contributed by atoms with E-state index in [1.54, 1.807) is 6.07 Å². The zero-order valence-electron chi connectivity index (χ0n) is 13.2. The fourth-order valence-electron chi connectivity index (χ4n) is 3.10. The Kier molecular flexibility index (Phi) is 4.64. The van der Waals surface area contributed by atoms with Crippen LogP contribution >= 0.6 is 15.9 Å². The third-order valence-corrected chi connectivity index (χ3v) is 4.77. The summed E-state index contributed by atoms with van der Waals surface area (Å²) in [5.41, 5.74) is 0.780. The molecule has 0 spiro atoms. The van der Waals surface area contributed by atoms with E-state index < -0.39 is 17.4 Å².